The van der Waals surface area contributed by atoms with Crippen molar-refractivity contribution in [1.29, 1.82) is 0 Å². The number of hydrogen-bond acceptors (Lipinski definition) is 2. The number of unbranched alkanes of at least 4 members (excludes halogenated alkanes) is 4. The van der Waals surface area contributed by atoms with Crippen LogP contribution in [0.4, 0.5) is 0 Å². The molecule has 2 nitrogen and oxygen atoms in total. The van der Waals surface area contributed by atoms with Crippen LogP contribution in [0.15, 0.2) is 30.3 Å². The van der Waals surface area contributed by atoms with Crippen molar-refractivity contribution in [3.05, 3.63) is 35.9 Å². The summed E-state index contributed by atoms with van der Waals surface area (Å²) in [6, 6.07) is 10.7. The average molecular weight is 290 g/mol. The van der Waals surface area contributed by atoms with Crippen LogP contribution in [-0.4, -0.2) is 12.4 Å². The third-order valence-electron chi connectivity index (χ3n) is 4.42. The molecule has 3 atom stereocenters. The molecule has 1 aromatic carbocycles. The first-order chi connectivity index (χ1) is 10.2. The third kappa shape index (κ3) is 4.55. The van der Waals surface area contributed by atoms with Crippen molar-refractivity contribution in [3.63, 3.8) is 0 Å². The molecule has 21 heavy (non-hydrogen) atoms. The van der Waals surface area contributed by atoms with Gasteiger partial charge in [0.25, 0.3) is 0 Å². The Hall–Kier alpha value is -0.860. The molecule has 1 aliphatic heterocycles. The highest BCUT2D eigenvalue weighted by atomic mass is 16.7. The molecular weight excluding hydrogens is 260 g/mol. The monoisotopic (exact) mass is 290 g/mol. The number of benzene rings is 1. The minimum Gasteiger partial charge on any atom is -0.350 e. The van der Waals surface area contributed by atoms with E-state index in [1.54, 1.807) is 0 Å². The van der Waals surface area contributed by atoms with Gasteiger partial charge in [0.1, 0.15) is 0 Å². The van der Waals surface area contributed by atoms with Crippen LogP contribution >= 0.6 is 0 Å². The molecule has 1 saturated heterocycles. The van der Waals surface area contributed by atoms with Crippen LogP contribution in [0.3, 0.4) is 0 Å². The van der Waals surface area contributed by atoms with Crippen LogP contribution in [0.5, 0.6) is 0 Å². The Balaban J connectivity index is 2.07. The van der Waals surface area contributed by atoms with Gasteiger partial charge in [-0.2, -0.15) is 0 Å². The molecule has 0 spiro atoms. The molecule has 0 amide bonds. The highest BCUT2D eigenvalue weighted by Gasteiger charge is 2.40. The summed E-state index contributed by atoms with van der Waals surface area (Å²) in [5, 5.41) is 0. The van der Waals surface area contributed by atoms with E-state index >= 15 is 0 Å². The molecule has 2 heteroatoms. The van der Waals surface area contributed by atoms with Gasteiger partial charge in [-0.1, -0.05) is 69.4 Å². The molecule has 0 aliphatic carbocycles. The van der Waals surface area contributed by atoms with E-state index in [4.69, 9.17) is 9.47 Å². The van der Waals surface area contributed by atoms with Gasteiger partial charge in [-0.3, -0.25) is 0 Å². The third-order valence-corrected chi connectivity index (χ3v) is 4.42. The second-order valence-electron chi connectivity index (χ2n) is 6.36. The zero-order chi connectivity index (χ0) is 15.1. The van der Waals surface area contributed by atoms with Crippen molar-refractivity contribution in [3.8, 4) is 0 Å². The first-order valence-corrected chi connectivity index (χ1v) is 8.55. The quantitative estimate of drug-likeness (QED) is 0.625. The predicted molar refractivity (Wildman–Crippen MR) is 87.2 cm³/mol. The fraction of sp³-hybridized carbons (Fsp3) is 0.684. The van der Waals surface area contributed by atoms with Crippen molar-refractivity contribution in [2.24, 2.45) is 0 Å². The average Bonchev–Trinajstić information content (AvgIpc) is 2.47. The van der Waals surface area contributed by atoms with Gasteiger partial charge in [0, 0.05) is 6.42 Å². The summed E-state index contributed by atoms with van der Waals surface area (Å²) in [5.74, 6) is 0. The molecule has 1 heterocycles. The molecule has 0 saturated carbocycles. The number of ether oxygens (including phenoxy) is 2. The maximum atomic E-state index is 6.31. The summed E-state index contributed by atoms with van der Waals surface area (Å²) in [4.78, 5) is 0. The SMILES string of the molecule is CCCCCCC[C@]1(c2ccccc2)C[C@H](C)O[C@H](C)O1. The maximum Gasteiger partial charge on any atom is 0.156 e. The Morgan fingerprint density at radius 2 is 1.76 bits per heavy atom. The van der Waals surface area contributed by atoms with Crippen LogP contribution in [0.2, 0.25) is 0 Å². The van der Waals surface area contributed by atoms with E-state index in [0.29, 0.717) is 0 Å². The minimum absolute atomic E-state index is 0.121. The molecule has 0 radical (unpaired) electrons. The second-order valence-corrected chi connectivity index (χ2v) is 6.36. The van der Waals surface area contributed by atoms with Gasteiger partial charge in [-0.05, 0) is 25.8 Å². The van der Waals surface area contributed by atoms with Gasteiger partial charge in [-0.15, -0.1) is 0 Å². The lowest BCUT2D eigenvalue weighted by Gasteiger charge is -2.43. The Bertz CT molecular complexity index is 391. The molecule has 0 N–H and O–H groups in total. The van der Waals surface area contributed by atoms with Crippen LogP contribution in [0, 0.1) is 0 Å². The van der Waals surface area contributed by atoms with Crippen LogP contribution < -0.4 is 0 Å². The number of hydrogen-bond donors (Lipinski definition) is 0. The van der Waals surface area contributed by atoms with E-state index in [0.717, 1.165) is 12.8 Å². The van der Waals surface area contributed by atoms with E-state index in [2.05, 4.69) is 44.2 Å². The second kappa shape index (κ2) is 7.95. The van der Waals surface area contributed by atoms with Crippen molar-refractivity contribution in [2.45, 2.75) is 83.7 Å². The van der Waals surface area contributed by atoms with E-state index in [1.807, 2.05) is 6.92 Å². The summed E-state index contributed by atoms with van der Waals surface area (Å²) in [5.41, 5.74) is 1.15. The summed E-state index contributed by atoms with van der Waals surface area (Å²) in [6.07, 6.45) is 8.69. The molecule has 1 fully saturated rings. The van der Waals surface area contributed by atoms with Crippen LogP contribution in [0.1, 0.15) is 71.3 Å². The Morgan fingerprint density at radius 1 is 1.05 bits per heavy atom. The smallest absolute Gasteiger partial charge is 0.156 e. The summed E-state index contributed by atoms with van der Waals surface area (Å²) in [7, 11) is 0. The van der Waals surface area contributed by atoms with E-state index in [1.165, 1.54) is 37.7 Å². The molecular formula is C19H30O2. The van der Waals surface area contributed by atoms with Gasteiger partial charge >= 0.3 is 0 Å². The standard InChI is InChI=1S/C19H30O2/c1-4-5-6-7-11-14-19(18-12-9-8-10-13-18)15-16(2)20-17(3)21-19/h8-10,12-13,16-17H,4-7,11,14-15H2,1-3H3/t16-,17-,19+/m0/s1. The summed E-state index contributed by atoms with van der Waals surface area (Å²) >= 11 is 0. The van der Waals surface area contributed by atoms with E-state index < -0.39 is 0 Å². The van der Waals surface area contributed by atoms with Gasteiger partial charge in [0.2, 0.25) is 0 Å². The fourth-order valence-electron chi connectivity index (χ4n) is 3.48. The van der Waals surface area contributed by atoms with Gasteiger partial charge < -0.3 is 9.47 Å². The first kappa shape index (κ1) is 16.5. The van der Waals surface area contributed by atoms with Gasteiger partial charge in [-0.25, -0.2) is 0 Å². The van der Waals surface area contributed by atoms with Crippen molar-refractivity contribution in [1.82, 2.24) is 0 Å². The Labute approximate surface area is 129 Å². The van der Waals surface area contributed by atoms with Gasteiger partial charge in [0.05, 0.1) is 11.7 Å². The van der Waals surface area contributed by atoms with Crippen molar-refractivity contribution < 1.29 is 9.47 Å². The lowest BCUT2D eigenvalue weighted by Crippen LogP contribution is -2.44. The zero-order valence-electron chi connectivity index (χ0n) is 13.8. The Kier molecular flexibility index (Phi) is 6.25. The highest BCUT2D eigenvalue weighted by molar-refractivity contribution is 5.23. The lowest BCUT2D eigenvalue weighted by atomic mass is 9.82. The van der Waals surface area contributed by atoms with Gasteiger partial charge in [0.15, 0.2) is 6.29 Å². The Morgan fingerprint density at radius 3 is 2.43 bits per heavy atom. The largest absolute Gasteiger partial charge is 0.350 e. The molecule has 0 bridgehead atoms. The molecule has 0 unspecified atom stereocenters. The van der Waals surface area contributed by atoms with Crippen molar-refractivity contribution >= 4 is 0 Å². The molecule has 118 valence electrons. The first-order valence-electron chi connectivity index (χ1n) is 8.55. The fourth-order valence-corrected chi connectivity index (χ4v) is 3.48. The van der Waals surface area contributed by atoms with Crippen LogP contribution in [0.25, 0.3) is 0 Å². The molecule has 0 aromatic heterocycles. The van der Waals surface area contributed by atoms with E-state index in [9.17, 15) is 0 Å². The maximum absolute atomic E-state index is 6.31. The number of rotatable bonds is 7. The minimum atomic E-state index is -0.162. The van der Waals surface area contributed by atoms with E-state index in [-0.39, 0.29) is 18.0 Å². The zero-order valence-corrected chi connectivity index (χ0v) is 13.8. The highest BCUT2D eigenvalue weighted by Crippen LogP contribution is 2.41. The lowest BCUT2D eigenvalue weighted by molar-refractivity contribution is -0.279. The molecule has 1 aliphatic rings. The normalized spacial score (nSPS) is 29.5. The summed E-state index contributed by atoms with van der Waals surface area (Å²) in [6.45, 7) is 6.44. The predicted octanol–water partition coefficient (Wildman–Crippen LogP) is 5.41. The van der Waals surface area contributed by atoms with Crippen LogP contribution in [-0.2, 0) is 15.1 Å². The summed E-state index contributed by atoms with van der Waals surface area (Å²) < 4.78 is 12.1. The topological polar surface area (TPSA) is 18.5 Å². The molecule has 2 rings (SSSR count). The molecule has 1 aromatic rings. The van der Waals surface area contributed by atoms with Crippen molar-refractivity contribution in [2.75, 3.05) is 0 Å².